The lowest BCUT2D eigenvalue weighted by molar-refractivity contribution is 0.514. The Morgan fingerprint density at radius 3 is 2.60 bits per heavy atom. The number of alkyl halides is 1. The van der Waals surface area contributed by atoms with Gasteiger partial charge in [0.15, 0.2) is 17.5 Å². The highest BCUT2D eigenvalue weighted by molar-refractivity contribution is 6.20. The molecule has 1 unspecified atom stereocenters. The number of fused-ring (bicyclic) bond motifs is 1. The summed E-state index contributed by atoms with van der Waals surface area (Å²) in [6.45, 7) is 1.72. The van der Waals surface area contributed by atoms with Crippen molar-refractivity contribution in [3.63, 3.8) is 0 Å². The standard InChI is InChI=1S/C13H11ClF2N4/c1-7(14)13-17-9-4-3-8(15)11(16)12(9)20(13)10-5-6-19(2)18-10/h3-7H,1-2H3. The van der Waals surface area contributed by atoms with Crippen molar-refractivity contribution in [1.29, 1.82) is 0 Å². The van der Waals surface area contributed by atoms with E-state index in [9.17, 15) is 8.78 Å². The zero-order valence-corrected chi connectivity index (χ0v) is 11.6. The van der Waals surface area contributed by atoms with E-state index >= 15 is 0 Å². The smallest absolute Gasteiger partial charge is 0.185 e. The molecule has 3 rings (SSSR count). The second kappa shape index (κ2) is 4.56. The zero-order valence-electron chi connectivity index (χ0n) is 10.8. The fourth-order valence-corrected chi connectivity index (χ4v) is 2.29. The van der Waals surface area contributed by atoms with Crippen LogP contribution in [-0.2, 0) is 7.05 Å². The number of hydrogen-bond acceptors (Lipinski definition) is 2. The van der Waals surface area contributed by atoms with Crippen LogP contribution in [0.4, 0.5) is 8.78 Å². The minimum absolute atomic E-state index is 0.0474. The normalized spacial score (nSPS) is 13.1. The summed E-state index contributed by atoms with van der Waals surface area (Å²) >= 11 is 6.09. The van der Waals surface area contributed by atoms with E-state index in [1.165, 1.54) is 10.6 Å². The molecule has 4 nitrogen and oxygen atoms in total. The fourth-order valence-electron chi connectivity index (χ4n) is 2.14. The van der Waals surface area contributed by atoms with Crippen molar-refractivity contribution in [2.45, 2.75) is 12.3 Å². The molecule has 104 valence electrons. The van der Waals surface area contributed by atoms with Gasteiger partial charge in [-0.25, -0.2) is 13.8 Å². The minimum atomic E-state index is -0.954. The molecule has 0 aliphatic heterocycles. The third-order valence-corrected chi connectivity index (χ3v) is 3.22. The first kappa shape index (κ1) is 13.1. The molecule has 0 saturated heterocycles. The predicted molar refractivity (Wildman–Crippen MR) is 72.0 cm³/mol. The van der Waals surface area contributed by atoms with Crippen molar-refractivity contribution in [1.82, 2.24) is 19.3 Å². The molecule has 0 bridgehead atoms. The molecule has 3 aromatic rings. The Kier molecular flexibility index (Phi) is 2.97. The van der Waals surface area contributed by atoms with E-state index in [1.807, 2.05) is 0 Å². The molecule has 0 aliphatic rings. The van der Waals surface area contributed by atoms with Gasteiger partial charge < -0.3 is 0 Å². The van der Waals surface area contributed by atoms with Crippen molar-refractivity contribution < 1.29 is 8.78 Å². The number of imidazole rings is 1. The Labute approximate surface area is 118 Å². The Hall–Kier alpha value is -1.95. The van der Waals surface area contributed by atoms with Crippen LogP contribution in [-0.4, -0.2) is 19.3 Å². The van der Waals surface area contributed by atoms with Gasteiger partial charge in [0.05, 0.1) is 10.9 Å². The number of halogens is 3. The van der Waals surface area contributed by atoms with E-state index in [0.717, 1.165) is 6.07 Å². The summed E-state index contributed by atoms with van der Waals surface area (Å²) in [4.78, 5) is 4.27. The van der Waals surface area contributed by atoms with Crippen LogP contribution in [0.5, 0.6) is 0 Å². The van der Waals surface area contributed by atoms with Crippen LogP contribution in [0.25, 0.3) is 16.9 Å². The van der Waals surface area contributed by atoms with Crippen molar-refractivity contribution in [2.24, 2.45) is 7.05 Å². The minimum Gasteiger partial charge on any atom is -0.274 e. The second-order valence-electron chi connectivity index (χ2n) is 4.50. The van der Waals surface area contributed by atoms with Gasteiger partial charge >= 0.3 is 0 Å². The van der Waals surface area contributed by atoms with Crippen molar-refractivity contribution >= 4 is 22.6 Å². The molecule has 0 radical (unpaired) electrons. The molecular weight excluding hydrogens is 286 g/mol. The van der Waals surface area contributed by atoms with E-state index in [4.69, 9.17) is 11.6 Å². The van der Waals surface area contributed by atoms with Crippen LogP contribution in [0.3, 0.4) is 0 Å². The lowest BCUT2D eigenvalue weighted by Gasteiger charge is -2.07. The topological polar surface area (TPSA) is 35.6 Å². The molecule has 0 saturated carbocycles. The Bertz CT molecular complexity index is 791. The molecule has 0 spiro atoms. The van der Waals surface area contributed by atoms with Crippen LogP contribution < -0.4 is 0 Å². The molecule has 2 aromatic heterocycles. The van der Waals surface area contributed by atoms with Crippen molar-refractivity contribution in [3.05, 3.63) is 41.9 Å². The lowest BCUT2D eigenvalue weighted by Crippen LogP contribution is -2.05. The largest absolute Gasteiger partial charge is 0.274 e. The quantitative estimate of drug-likeness (QED) is 0.680. The number of nitrogens with zero attached hydrogens (tertiary/aromatic N) is 4. The van der Waals surface area contributed by atoms with Crippen molar-refractivity contribution in [3.8, 4) is 5.82 Å². The fraction of sp³-hybridized carbons (Fsp3) is 0.231. The van der Waals surface area contributed by atoms with Gasteiger partial charge in [0.25, 0.3) is 0 Å². The van der Waals surface area contributed by atoms with Crippen LogP contribution in [0.15, 0.2) is 24.4 Å². The maximum Gasteiger partial charge on any atom is 0.185 e. The van der Waals surface area contributed by atoms with E-state index in [2.05, 4.69) is 10.1 Å². The van der Waals surface area contributed by atoms with E-state index in [1.54, 1.807) is 30.9 Å². The van der Waals surface area contributed by atoms with Gasteiger partial charge in [-0.3, -0.25) is 9.25 Å². The molecule has 20 heavy (non-hydrogen) atoms. The van der Waals surface area contributed by atoms with Gasteiger partial charge in [0, 0.05) is 19.3 Å². The highest BCUT2D eigenvalue weighted by Crippen LogP contribution is 2.29. The monoisotopic (exact) mass is 296 g/mol. The lowest BCUT2D eigenvalue weighted by atomic mass is 10.3. The first-order valence-electron chi connectivity index (χ1n) is 5.99. The van der Waals surface area contributed by atoms with Crippen LogP contribution >= 0.6 is 11.6 Å². The van der Waals surface area contributed by atoms with E-state index in [0.29, 0.717) is 17.2 Å². The number of aromatic nitrogens is 4. The molecule has 0 aliphatic carbocycles. The highest BCUT2D eigenvalue weighted by Gasteiger charge is 2.22. The molecule has 1 atom stereocenters. The number of rotatable bonds is 2. The Balaban J connectivity index is 2.42. The van der Waals surface area contributed by atoms with Crippen LogP contribution in [0.1, 0.15) is 18.1 Å². The number of aryl methyl sites for hydroxylation is 1. The van der Waals surface area contributed by atoms with Gasteiger partial charge in [-0.05, 0) is 19.1 Å². The average Bonchev–Trinajstić information content (AvgIpc) is 2.97. The van der Waals surface area contributed by atoms with Crippen LogP contribution in [0, 0.1) is 11.6 Å². The zero-order chi connectivity index (χ0) is 14.4. The van der Waals surface area contributed by atoms with Crippen LogP contribution in [0.2, 0.25) is 0 Å². The second-order valence-corrected chi connectivity index (χ2v) is 5.15. The molecule has 1 aromatic carbocycles. The third-order valence-electron chi connectivity index (χ3n) is 3.02. The number of hydrogen-bond donors (Lipinski definition) is 0. The SMILES string of the molecule is CC(Cl)c1nc2ccc(F)c(F)c2n1-c1ccn(C)n1. The summed E-state index contributed by atoms with van der Waals surface area (Å²) in [5.41, 5.74) is 0.392. The molecule has 0 fully saturated rings. The van der Waals surface area contributed by atoms with Gasteiger partial charge in [-0.2, -0.15) is 5.10 Å². The maximum atomic E-state index is 14.1. The summed E-state index contributed by atoms with van der Waals surface area (Å²) < 4.78 is 30.6. The highest BCUT2D eigenvalue weighted by atomic mass is 35.5. The van der Waals surface area contributed by atoms with Crippen molar-refractivity contribution in [2.75, 3.05) is 0 Å². The van der Waals surface area contributed by atoms with Gasteiger partial charge in [0.1, 0.15) is 11.3 Å². The Morgan fingerprint density at radius 1 is 1.25 bits per heavy atom. The summed E-state index contributed by atoms with van der Waals surface area (Å²) in [6, 6.07) is 4.17. The van der Waals surface area contributed by atoms with Gasteiger partial charge in [-0.15, -0.1) is 11.6 Å². The third kappa shape index (κ3) is 1.87. The first-order valence-corrected chi connectivity index (χ1v) is 6.43. The van der Waals surface area contributed by atoms with E-state index < -0.39 is 17.0 Å². The average molecular weight is 297 g/mol. The Morgan fingerprint density at radius 2 is 2.00 bits per heavy atom. The molecule has 0 N–H and O–H groups in total. The predicted octanol–water partition coefficient (Wildman–Crippen LogP) is 3.34. The number of benzene rings is 1. The molecule has 7 heteroatoms. The van der Waals surface area contributed by atoms with Gasteiger partial charge in [-0.1, -0.05) is 0 Å². The summed E-state index contributed by atoms with van der Waals surface area (Å²) in [5.74, 6) is -1.01. The van der Waals surface area contributed by atoms with E-state index in [-0.39, 0.29) is 5.52 Å². The summed E-state index contributed by atoms with van der Waals surface area (Å²) in [6.07, 6.45) is 1.71. The van der Waals surface area contributed by atoms with Gasteiger partial charge in [0.2, 0.25) is 0 Å². The summed E-state index contributed by atoms with van der Waals surface area (Å²) in [5, 5.41) is 3.74. The molecule has 0 amide bonds. The first-order chi connectivity index (χ1) is 9.49. The maximum absolute atomic E-state index is 14.1. The molecular formula is C13H11ClF2N4. The molecule has 2 heterocycles. The summed E-state index contributed by atoms with van der Waals surface area (Å²) in [7, 11) is 1.74.